The van der Waals surface area contributed by atoms with Gasteiger partial charge in [-0.2, -0.15) is 0 Å². The van der Waals surface area contributed by atoms with Crippen molar-refractivity contribution in [1.82, 2.24) is 15.0 Å². The maximum Gasteiger partial charge on any atom is 0.189 e. The van der Waals surface area contributed by atoms with Gasteiger partial charge in [0.15, 0.2) is 10.8 Å². The number of pyridine rings is 1. The molecule has 5 heteroatoms. The molecule has 0 aliphatic carbocycles. The predicted octanol–water partition coefficient (Wildman–Crippen LogP) is 2.71. The fourth-order valence-corrected chi connectivity index (χ4v) is 1.79. The number of thioether (sulfide) groups is 1. The van der Waals surface area contributed by atoms with Crippen LogP contribution in [0.1, 0.15) is 5.56 Å². The highest BCUT2D eigenvalue weighted by molar-refractivity contribution is 7.98. The molecule has 0 aromatic carbocycles. The molecule has 0 bridgehead atoms. The third-order valence-corrected chi connectivity index (χ3v) is 2.66. The molecular weight excluding hydrogens is 218 g/mol. The number of aryl methyl sites for hydroxylation is 1. The van der Waals surface area contributed by atoms with Gasteiger partial charge in [-0.05, 0) is 24.8 Å². The molecule has 0 atom stereocenters. The van der Waals surface area contributed by atoms with Gasteiger partial charge in [0, 0.05) is 11.6 Å². The van der Waals surface area contributed by atoms with E-state index in [1.165, 1.54) is 11.8 Å². The third-order valence-electron chi connectivity index (χ3n) is 1.90. The van der Waals surface area contributed by atoms with Crippen LogP contribution >= 0.6 is 23.4 Å². The van der Waals surface area contributed by atoms with E-state index in [0.29, 0.717) is 16.0 Å². The van der Waals surface area contributed by atoms with Gasteiger partial charge < -0.3 is 0 Å². The van der Waals surface area contributed by atoms with E-state index in [2.05, 4.69) is 15.0 Å². The van der Waals surface area contributed by atoms with Crippen LogP contribution in [0.5, 0.6) is 0 Å². The van der Waals surface area contributed by atoms with E-state index < -0.39 is 0 Å². The number of rotatable bonds is 1. The summed E-state index contributed by atoms with van der Waals surface area (Å²) >= 11 is 7.33. The Balaban J connectivity index is 2.75. The summed E-state index contributed by atoms with van der Waals surface area (Å²) in [5.74, 6) is 0. The third kappa shape index (κ3) is 1.67. The lowest BCUT2D eigenvalue weighted by atomic mass is 10.2. The van der Waals surface area contributed by atoms with Crippen molar-refractivity contribution in [2.45, 2.75) is 12.1 Å². The summed E-state index contributed by atoms with van der Waals surface area (Å²) in [4.78, 5) is 12.6. The van der Waals surface area contributed by atoms with Crippen molar-refractivity contribution in [1.29, 1.82) is 0 Å². The second-order valence-corrected chi connectivity index (χ2v) is 4.02. The molecule has 0 saturated carbocycles. The fraction of sp³-hybridized carbons (Fsp3) is 0.222. The molecule has 14 heavy (non-hydrogen) atoms. The molecule has 0 amide bonds. The molecule has 0 fully saturated rings. The zero-order valence-electron chi connectivity index (χ0n) is 7.78. The normalized spacial score (nSPS) is 10.8. The van der Waals surface area contributed by atoms with Crippen LogP contribution in [0.15, 0.2) is 17.4 Å². The second kappa shape index (κ2) is 3.71. The Bertz CT molecular complexity index is 487. The van der Waals surface area contributed by atoms with Gasteiger partial charge in [-0.25, -0.2) is 15.0 Å². The Morgan fingerprint density at radius 2 is 2.14 bits per heavy atom. The largest absolute Gasteiger partial charge is 0.230 e. The maximum absolute atomic E-state index is 5.84. The Kier molecular flexibility index (Phi) is 2.56. The number of hydrogen-bond donors (Lipinski definition) is 0. The summed E-state index contributed by atoms with van der Waals surface area (Å²) < 4.78 is 0. The Hall–Kier alpha value is -0.870. The van der Waals surface area contributed by atoms with Gasteiger partial charge in [-0.15, -0.1) is 0 Å². The van der Waals surface area contributed by atoms with Crippen molar-refractivity contribution in [3.63, 3.8) is 0 Å². The van der Waals surface area contributed by atoms with Crippen molar-refractivity contribution >= 4 is 34.4 Å². The second-order valence-electron chi connectivity index (χ2n) is 2.86. The lowest BCUT2D eigenvalue weighted by molar-refractivity contribution is 0.990. The van der Waals surface area contributed by atoms with Crippen LogP contribution in [0.4, 0.5) is 0 Å². The molecule has 72 valence electrons. The van der Waals surface area contributed by atoms with Crippen LogP contribution in [0.25, 0.3) is 11.0 Å². The van der Waals surface area contributed by atoms with Gasteiger partial charge in [-0.1, -0.05) is 23.4 Å². The first kappa shape index (κ1) is 9.68. The smallest absolute Gasteiger partial charge is 0.189 e. The average Bonchev–Trinajstić information content (AvgIpc) is 2.16. The van der Waals surface area contributed by atoms with Gasteiger partial charge in [0.05, 0.1) is 0 Å². The lowest BCUT2D eigenvalue weighted by Gasteiger charge is -2.02. The summed E-state index contributed by atoms with van der Waals surface area (Å²) in [7, 11) is 0. The molecule has 2 aromatic rings. The number of hydrogen-bond acceptors (Lipinski definition) is 4. The van der Waals surface area contributed by atoms with E-state index in [-0.39, 0.29) is 0 Å². The van der Waals surface area contributed by atoms with Crippen molar-refractivity contribution in [2.75, 3.05) is 6.26 Å². The maximum atomic E-state index is 5.84. The van der Waals surface area contributed by atoms with Gasteiger partial charge in [-0.3, -0.25) is 0 Å². The van der Waals surface area contributed by atoms with E-state index in [1.54, 1.807) is 6.20 Å². The van der Waals surface area contributed by atoms with Gasteiger partial charge in [0.2, 0.25) is 0 Å². The first-order valence-corrected chi connectivity index (χ1v) is 5.65. The van der Waals surface area contributed by atoms with Crippen LogP contribution in [0, 0.1) is 6.92 Å². The minimum absolute atomic E-state index is 0.473. The standard InChI is InChI=1S/C9H8ClN3S/c1-5-3-7(10)12-8-6(5)4-11-9(13-8)14-2/h3-4H,1-2H3. The topological polar surface area (TPSA) is 38.7 Å². The van der Waals surface area contributed by atoms with E-state index in [4.69, 9.17) is 11.6 Å². The molecule has 3 nitrogen and oxygen atoms in total. The minimum Gasteiger partial charge on any atom is -0.230 e. The van der Waals surface area contributed by atoms with Crippen molar-refractivity contribution in [3.05, 3.63) is 23.0 Å². The van der Waals surface area contributed by atoms with Crippen LogP contribution in [0.2, 0.25) is 5.15 Å². The predicted molar refractivity (Wildman–Crippen MR) is 58.9 cm³/mol. The van der Waals surface area contributed by atoms with E-state index in [1.807, 2.05) is 19.2 Å². The van der Waals surface area contributed by atoms with E-state index in [9.17, 15) is 0 Å². The highest BCUT2D eigenvalue weighted by Gasteiger charge is 2.04. The van der Waals surface area contributed by atoms with Crippen LogP contribution in [-0.2, 0) is 0 Å². The molecule has 0 spiro atoms. The van der Waals surface area contributed by atoms with E-state index in [0.717, 1.165) is 10.9 Å². The van der Waals surface area contributed by atoms with Crippen molar-refractivity contribution in [3.8, 4) is 0 Å². The first-order valence-electron chi connectivity index (χ1n) is 4.04. The Labute approximate surface area is 90.9 Å². The van der Waals surface area contributed by atoms with E-state index >= 15 is 0 Å². The molecule has 0 aliphatic rings. The number of nitrogens with zero attached hydrogens (tertiary/aromatic N) is 3. The number of aromatic nitrogens is 3. The van der Waals surface area contributed by atoms with Crippen LogP contribution in [-0.4, -0.2) is 21.2 Å². The Morgan fingerprint density at radius 3 is 2.86 bits per heavy atom. The summed E-state index contributed by atoms with van der Waals surface area (Å²) in [5, 5.41) is 2.14. The first-order chi connectivity index (χ1) is 6.70. The van der Waals surface area contributed by atoms with Crippen molar-refractivity contribution < 1.29 is 0 Å². The lowest BCUT2D eigenvalue weighted by Crippen LogP contribution is -1.92. The van der Waals surface area contributed by atoms with Crippen LogP contribution < -0.4 is 0 Å². The summed E-state index contributed by atoms with van der Waals surface area (Å²) in [5.41, 5.74) is 1.71. The molecule has 0 unspecified atom stereocenters. The summed E-state index contributed by atoms with van der Waals surface area (Å²) in [6.45, 7) is 1.97. The number of halogens is 1. The molecule has 0 N–H and O–H groups in total. The molecule has 0 aliphatic heterocycles. The minimum atomic E-state index is 0.473. The van der Waals surface area contributed by atoms with Gasteiger partial charge >= 0.3 is 0 Å². The molecular formula is C9H8ClN3S. The zero-order chi connectivity index (χ0) is 10.1. The SMILES string of the molecule is CSc1ncc2c(C)cc(Cl)nc2n1. The molecule has 0 saturated heterocycles. The highest BCUT2D eigenvalue weighted by atomic mass is 35.5. The molecule has 2 rings (SSSR count). The average molecular weight is 226 g/mol. The Morgan fingerprint density at radius 1 is 1.36 bits per heavy atom. The quantitative estimate of drug-likeness (QED) is 0.425. The van der Waals surface area contributed by atoms with Gasteiger partial charge in [0.1, 0.15) is 5.15 Å². The van der Waals surface area contributed by atoms with Crippen LogP contribution in [0.3, 0.4) is 0 Å². The zero-order valence-corrected chi connectivity index (χ0v) is 9.35. The molecule has 2 heterocycles. The molecule has 2 aromatic heterocycles. The van der Waals surface area contributed by atoms with Crippen molar-refractivity contribution in [2.24, 2.45) is 0 Å². The summed E-state index contributed by atoms with van der Waals surface area (Å²) in [6.07, 6.45) is 3.71. The fourth-order valence-electron chi connectivity index (χ4n) is 1.21. The highest BCUT2D eigenvalue weighted by Crippen LogP contribution is 2.19. The summed E-state index contributed by atoms with van der Waals surface area (Å²) in [6, 6.07) is 1.81. The van der Waals surface area contributed by atoms with Gasteiger partial charge in [0.25, 0.3) is 0 Å². The number of fused-ring (bicyclic) bond motifs is 1. The molecule has 0 radical (unpaired) electrons. The monoisotopic (exact) mass is 225 g/mol.